The van der Waals surface area contributed by atoms with Gasteiger partial charge in [0, 0.05) is 19.7 Å². The van der Waals surface area contributed by atoms with E-state index < -0.39 is 4.92 Å². The number of rotatable bonds is 4. The molecule has 80 valence electrons. The summed E-state index contributed by atoms with van der Waals surface area (Å²) < 4.78 is 0. The Hall–Kier alpha value is -1.62. The SMILES string of the molecule is CN/C(=C/[N+](=O)[O-])Cc1ccc(Cl)nc1. The predicted octanol–water partition coefficient (Wildman–Crippen LogP) is 1.61. The fourth-order valence-corrected chi connectivity index (χ4v) is 1.17. The third-order valence-corrected chi connectivity index (χ3v) is 1.99. The van der Waals surface area contributed by atoms with Crippen LogP contribution in [0.15, 0.2) is 30.2 Å². The monoisotopic (exact) mass is 227 g/mol. The molecule has 0 aromatic carbocycles. The van der Waals surface area contributed by atoms with Crippen molar-refractivity contribution >= 4 is 11.6 Å². The number of hydrogen-bond acceptors (Lipinski definition) is 4. The van der Waals surface area contributed by atoms with Crippen molar-refractivity contribution in [3.63, 3.8) is 0 Å². The molecule has 0 aliphatic rings. The number of nitro groups is 1. The van der Waals surface area contributed by atoms with Crippen LogP contribution < -0.4 is 5.32 Å². The van der Waals surface area contributed by atoms with E-state index in [1.165, 1.54) is 0 Å². The molecule has 1 rings (SSSR count). The fourth-order valence-electron chi connectivity index (χ4n) is 1.06. The highest BCUT2D eigenvalue weighted by atomic mass is 35.5. The lowest BCUT2D eigenvalue weighted by molar-refractivity contribution is -0.403. The lowest BCUT2D eigenvalue weighted by Gasteiger charge is -2.03. The summed E-state index contributed by atoms with van der Waals surface area (Å²) in [7, 11) is 1.64. The summed E-state index contributed by atoms with van der Waals surface area (Å²) in [6.07, 6.45) is 2.96. The Morgan fingerprint density at radius 1 is 1.73 bits per heavy atom. The van der Waals surface area contributed by atoms with Crippen molar-refractivity contribution in [2.24, 2.45) is 0 Å². The molecule has 15 heavy (non-hydrogen) atoms. The van der Waals surface area contributed by atoms with Gasteiger partial charge >= 0.3 is 0 Å². The van der Waals surface area contributed by atoms with Gasteiger partial charge in [0.05, 0.1) is 10.6 Å². The molecule has 0 bridgehead atoms. The molecule has 0 aliphatic carbocycles. The number of nitrogens with zero attached hydrogens (tertiary/aromatic N) is 2. The van der Waals surface area contributed by atoms with E-state index >= 15 is 0 Å². The second kappa shape index (κ2) is 5.31. The van der Waals surface area contributed by atoms with Gasteiger partial charge < -0.3 is 5.32 Å². The molecule has 1 N–H and O–H groups in total. The van der Waals surface area contributed by atoms with Gasteiger partial charge in [0.25, 0.3) is 6.20 Å². The molecule has 1 aromatic heterocycles. The molecule has 0 radical (unpaired) electrons. The molecule has 0 saturated heterocycles. The maximum absolute atomic E-state index is 10.3. The van der Waals surface area contributed by atoms with Gasteiger partial charge in [0.1, 0.15) is 5.15 Å². The van der Waals surface area contributed by atoms with E-state index in [1.54, 1.807) is 25.4 Å². The highest BCUT2D eigenvalue weighted by molar-refractivity contribution is 6.29. The summed E-state index contributed by atoms with van der Waals surface area (Å²) in [4.78, 5) is 13.7. The lowest BCUT2D eigenvalue weighted by Crippen LogP contribution is -2.10. The lowest BCUT2D eigenvalue weighted by atomic mass is 10.2. The molecule has 1 aromatic rings. The Balaban J connectivity index is 2.75. The Morgan fingerprint density at radius 2 is 2.47 bits per heavy atom. The zero-order valence-electron chi connectivity index (χ0n) is 8.11. The van der Waals surface area contributed by atoms with Crippen molar-refractivity contribution in [3.05, 3.63) is 51.1 Å². The van der Waals surface area contributed by atoms with Crippen molar-refractivity contribution in [1.29, 1.82) is 0 Å². The highest BCUT2D eigenvalue weighted by Gasteiger charge is 2.02. The first-order chi connectivity index (χ1) is 7.11. The van der Waals surface area contributed by atoms with Crippen molar-refractivity contribution in [3.8, 4) is 0 Å². The van der Waals surface area contributed by atoms with Crippen LogP contribution >= 0.6 is 11.6 Å². The third kappa shape index (κ3) is 3.95. The Kier molecular flexibility index (Phi) is 4.05. The van der Waals surface area contributed by atoms with Gasteiger partial charge in [-0.3, -0.25) is 10.1 Å². The molecule has 0 spiro atoms. The zero-order chi connectivity index (χ0) is 11.3. The van der Waals surface area contributed by atoms with Gasteiger partial charge in [-0.1, -0.05) is 17.7 Å². The van der Waals surface area contributed by atoms with E-state index in [9.17, 15) is 10.1 Å². The van der Waals surface area contributed by atoms with Gasteiger partial charge in [-0.05, 0) is 11.6 Å². The first kappa shape index (κ1) is 11.5. The van der Waals surface area contributed by atoms with E-state index in [2.05, 4.69) is 10.3 Å². The van der Waals surface area contributed by atoms with E-state index in [1.807, 2.05) is 0 Å². The molecule has 0 fully saturated rings. The van der Waals surface area contributed by atoms with Crippen molar-refractivity contribution in [2.75, 3.05) is 7.05 Å². The zero-order valence-corrected chi connectivity index (χ0v) is 8.86. The molecule has 0 atom stereocenters. The van der Waals surface area contributed by atoms with E-state index in [0.29, 0.717) is 17.3 Å². The molecule has 0 aliphatic heterocycles. The molecular formula is C9H10ClN3O2. The quantitative estimate of drug-likeness (QED) is 0.482. The van der Waals surface area contributed by atoms with Crippen LogP contribution in [-0.4, -0.2) is 17.0 Å². The van der Waals surface area contributed by atoms with Gasteiger partial charge in [-0.25, -0.2) is 4.98 Å². The molecule has 0 unspecified atom stereocenters. The van der Waals surface area contributed by atoms with E-state index in [-0.39, 0.29) is 0 Å². The minimum Gasteiger partial charge on any atom is -0.386 e. The number of hydrogen-bond donors (Lipinski definition) is 1. The van der Waals surface area contributed by atoms with Gasteiger partial charge in [-0.2, -0.15) is 0 Å². The van der Waals surface area contributed by atoms with Crippen molar-refractivity contribution in [1.82, 2.24) is 10.3 Å². The summed E-state index contributed by atoms with van der Waals surface area (Å²) in [6, 6.07) is 3.43. The summed E-state index contributed by atoms with van der Waals surface area (Å²) in [6.45, 7) is 0. The second-order valence-corrected chi connectivity index (χ2v) is 3.24. The van der Waals surface area contributed by atoms with Gasteiger partial charge in [-0.15, -0.1) is 0 Å². The minimum atomic E-state index is -0.491. The Bertz CT molecular complexity index is 375. The minimum absolute atomic E-state index is 0.406. The van der Waals surface area contributed by atoms with Gasteiger partial charge in [0.15, 0.2) is 0 Å². The Labute approximate surface area is 91.9 Å². The van der Waals surface area contributed by atoms with Crippen LogP contribution in [0.25, 0.3) is 0 Å². The van der Waals surface area contributed by atoms with E-state index in [4.69, 9.17) is 11.6 Å². The average Bonchev–Trinajstić information content (AvgIpc) is 2.19. The highest BCUT2D eigenvalue weighted by Crippen LogP contribution is 2.08. The number of aromatic nitrogens is 1. The smallest absolute Gasteiger partial charge is 0.253 e. The van der Waals surface area contributed by atoms with Crippen LogP contribution in [0.4, 0.5) is 0 Å². The number of halogens is 1. The number of nitrogens with one attached hydrogen (secondary N) is 1. The predicted molar refractivity (Wildman–Crippen MR) is 57.1 cm³/mol. The first-order valence-corrected chi connectivity index (χ1v) is 4.62. The summed E-state index contributed by atoms with van der Waals surface area (Å²) in [5.74, 6) is 0. The second-order valence-electron chi connectivity index (χ2n) is 2.86. The summed E-state index contributed by atoms with van der Waals surface area (Å²) >= 11 is 5.62. The van der Waals surface area contributed by atoms with Crippen LogP contribution in [0.2, 0.25) is 5.15 Å². The first-order valence-electron chi connectivity index (χ1n) is 4.24. The average molecular weight is 228 g/mol. The summed E-state index contributed by atoms with van der Waals surface area (Å²) in [5, 5.41) is 13.4. The maximum Gasteiger partial charge on any atom is 0.253 e. The topological polar surface area (TPSA) is 68.1 Å². The van der Waals surface area contributed by atoms with Crippen LogP contribution in [0.5, 0.6) is 0 Å². The van der Waals surface area contributed by atoms with Crippen molar-refractivity contribution in [2.45, 2.75) is 6.42 Å². The third-order valence-electron chi connectivity index (χ3n) is 1.77. The standard InChI is InChI=1S/C9H10ClN3O2/c1-11-8(6-13(14)15)4-7-2-3-9(10)12-5-7/h2-3,5-6,11H,4H2,1H3/b8-6+. The normalized spacial score (nSPS) is 11.2. The molecule has 0 amide bonds. The summed E-state index contributed by atoms with van der Waals surface area (Å²) in [5.41, 5.74) is 1.38. The fraction of sp³-hybridized carbons (Fsp3) is 0.222. The molecular weight excluding hydrogens is 218 g/mol. The maximum atomic E-state index is 10.3. The number of pyridine rings is 1. The van der Waals surface area contributed by atoms with Crippen molar-refractivity contribution < 1.29 is 4.92 Å². The Morgan fingerprint density at radius 3 is 2.93 bits per heavy atom. The molecule has 6 heteroatoms. The van der Waals surface area contributed by atoms with E-state index in [0.717, 1.165) is 11.8 Å². The number of likely N-dealkylation sites (N-methyl/N-ethyl adjacent to an activating group) is 1. The van der Waals surface area contributed by atoms with Crippen LogP contribution in [-0.2, 0) is 6.42 Å². The molecule has 5 nitrogen and oxygen atoms in total. The van der Waals surface area contributed by atoms with Crippen LogP contribution in [0.3, 0.4) is 0 Å². The van der Waals surface area contributed by atoms with Crippen LogP contribution in [0, 0.1) is 10.1 Å². The van der Waals surface area contributed by atoms with Crippen LogP contribution in [0.1, 0.15) is 5.56 Å². The molecule has 1 heterocycles. The molecule has 0 saturated carbocycles. The number of allylic oxidation sites excluding steroid dienone is 1. The van der Waals surface area contributed by atoms with Gasteiger partial charge in [0.2, 0.25) is 0 Å². The largest absolute Gasteiger partial charge is 0.386 e.